The molecule has 2 amide bonds. The van der Waals surface area contributed by atoms with Crippen LogP contribution < -0.4 is 9.62 Å². The fourth-order valence-corrected chi connectivity index (χ4v) is 6.12. The number of benzene rings is 4. The summed E-state index contributed by atoms with van der Waals surface area (Å²) in [4.78, 5) is 29.2. The Hall–Kier alpha value is -4.50. The third-order valence-electron chi connectivity index (χ3n) is 7.05. The molecule has 0 aliphatic carbocycles. The van der Waals surface area contributed by atoms with Gasteiger partial charge in [-0.1, -0.05) is 91.3 Å². The van der Waals surface area contributed by atoms with Crippen LogP contribution >= 0.6 is 0 Å². The molecule has 7 nitrogen and oxygen atoms in total. The van der Waals surface area contributed by atoms with Crippen molar-refractivity contribution in [3.8, 4) is 0 Å². The van der Waals surface area contributed by atoms with Gasteiger partial charge in [0.25, 0.3) is 10.0 Å². The topological polar surface area (TPSA) is 86.8 Å². The molecule has 0 aliphatic rings. The first kappa shape index (κ1) is 31.4. The molecule has 4 aromatic rings. The standard InChI is InChI=1S/C34H36FN3O4S/c1-3-22-36-34(40)32(23-27-12-6-4-7-13-27)37(24-28-14-10-11-17-31(28)35)33(39)25-38(29-20-18-26(2)19-21-29)43(41,42)30-15-8-5-9-16-30/h4-21,32H,3,22-25H2,1-2H3,(H,36,40). The maximum absolute atomic E-state index is 14.9. The van der Waals surface area contributed by atoms with Gasteiger partial charge in [0.05, 0.1) is 10.6 Å². The zero-order chi connectivity index (χ0) is 30.8. The summed E-state index contributed by atoms with van der Waals surface area (Å²) in [6.45, 7) is 3.37. The zero-order valence-electron chi connectivity index (χ0n) is 24.3. The van der Waals surface area contributed by atoms with Crippen molar-refractivity contribution in [3.05, 3.63) is 132 Å². The van der Waals surface area contributed by atoms with E-state index in [1.54, 1.807) is 60.7 Å². The minimum Gasteiger partial charge on any atom is -0.354 e. The molecule has 0 spiro atoms. The number of nitrogens with one attached hydrogen (secondary N) is 1. The third-order valence-corrected chi connectivity index (χ3v) is 8.84. The van der Waals surface area contributed by atoms with Crippen molar-refractivity contribution in [2.75, 3.05) is 17.4 Å². The van der Waals surface area contributed by atoms with Crippen molar-refractivity contribution < 1.29 is 22.4 Å². The average molecular weight is 602 g/mol. The van der Waals surface area contributed by atoms with Gasteiger partial charge in [-0.25, -0.2) is 12.8 Å². The number of hydrogen-bond donors (Lipinski definition) is 1. The number of sulfonamides is 1. The van der Waals surface area contributed by atoms with Gasteiger partial charge in [0.15, 0.2) is 0 Å². The second-order valence-corrected chi connectivity index (χ2v) is 12.1. The minimum absolute atomic E-state index is 0.0190. The van der Waals surface area contributed by atoms with Crippen LogP contribution in [-0.4, -0.2) is 44.3 Å². The predicted molar refractivity (Wildman–Crippen MR) is 166 cm³/mol. The quantitative estimate of drug-likeness (QED) is 0.219. The summed E-state index contributed by atoms with van der Waals surface area (Å²) in [5, 5.41) is 2.88. The summed E-state index contributed by atoms with van der Waals surface area (Å²) in [6.07, 6.45) is 0.841. The Balaban J connectivity index is 1.79. The third kappa shape index (κ3) is 8.08. The highest BCUT2D eigenvalue weighted by atomic mass is 32.2. The molecule has 43 heavy (non-hydrogen) atoms. The number of anilines is 1. The highest BCUT2D eigenvalue weighted by Gasteiger charge is 2.34. The first-order valence-electron chi connectivity index (χ1n) is 14.2. The lowest BCUT2D eigenvalue weighted by molar-refractivity contribution is -0.140. The molecule has 0 fully saturated rings. The summed E-state index contributed by atoms with van der Waals surface area (Å²) < 4.78 is 43.9. The number of rotatable bonds is 13. The fraction of sp³-hybridized carbons (Fsp3) is 0.235. The summed E-state index contributed by atoms with van der Waals surface area (Å²) in [5.74, 6) is -1.57. The van der Waals surface area contributed by atoms with Crippen LogP contribution in [0.4, 0.5) is 10.1 Å². The van der Waals surface area contributed by atoms with Gasteiger partial charge < -0.3 is 10.2 Å². The zero-order valence-corrected chi connectivity index (χ0v) is 25.1. The van der Waals surface area contributed by atoms with E-state index in [0.717, 1.165) is 15.4 Å². The number of halogens is 1. The van der Waals surface area contributed by atoms with E-state index in [-0.39, 0.29) is 23.4 Å². The monoisotopic (exact) mass is 601 g/mol. The van der Waals surface area contributed by atoms with Crippen LogP contribution in [0.2, 0.25) is 0 Å². The molecule has 9 heteroatoms. The smallest absolute Gasteiger partial charge is 0.264 e. The number of hydrogen-bond acceptors (Lipinski definition) is 4. The van der Waals surface area contributed by atoms with E-state index in [1.807, 2.05) is 44.2 Å². The number of amides is 2. The molecule has 0 heterocycles. The molecular weight excluding hydrogens is 565 g/mol. The van der Waals surface area contributed by atoms with E-state index < -0.39 is 40.2 Å². The molecule has 1 N–H and O–H groups in total. The Labute approximate surface area is 253 Å². The molecule has 0 saturated heterocycles. The van der Waals surface area contributed by atoms with Crippen LogP contribution in [0.1, 0.15) is 30.0 Å². The van der Waals surface area contributed by atoms with Crippen LogP contribution in [0.3, 0.4) is 0 Å². The molecule has 0 saturated carbocycles. The Kier molecular flexibility index (Phi) is 10.7. The molecule has 0 bridgehead atoms. The number of carbonyl (C=O) groups is 2. The van der Waals surface area contributed by atoms with Crippen molar-refractivity contribution in [2.45, 2.75) is 44.2 Å². The van der Waals surface area contributed by atoms with Gasteiger partial charge in [-0.05, 0) is 49.2 Å². The van der Waals surface area contributed by atoms with Gasteiger partial charge in [0, 0.05) is 25.1 Å². The maximum atomic E-state index is 14.9. The molecule has 0 aromatic heterocycles. The van der Waals surface area contributed by atoms with Gasteiger partial charge >= 0.3 is 0 Å². The Morgan fingerprint density at radius 2 is 1.44 bits per heavy atom. The largest absolute Gasteiger partial charge is 0.354 e. The van der Waals surface area contributed by atoms with Crippen LogP contribution in [0.15, 0.2) is 114 Å². The summed E-state index contributed by atoms with van der Waals surface area (Å²) >= 11 is 0. The lowest BCUT2D eigenvalue weighted by Gasteiger charge is -2.34. The number of nitrogens with zero attached hydrogens (tertiary/aromatic N) is 2. The molecule has 1 unspecified atom stereocenters. The van der Waals surface area contributed by atoms with E-state index in [9.17, 15) is 22.4 Å². The van der Waals surface area contributed by atoms with Crippen molar-refractivity contribution in [1.29, 1.82) is 0 Å². The maximum Gasteiger partial charge on any atom is 0.264 e. The van der Waals surface area contributed by atoms with Gasteiger partial charge in [-0.15, -0.1) is 0 Å². The first-order chi connectivity index (χ1) is 20.7. The van der Waals surface area contributed by atoms with Crippen LogP contribution in [0.5, 0.6) is 0 Å². The fourth-order valence-electron chi connectivity index (χ4n) is 4.69. The van der Waals surface area contributed by atoms with E-state index >= 15 is 0 Å². The van der Waals surface area contributed by atoms with Crippen LogP contribution in [0.25, 0.3) is 0 Å². The molecule has 4 aromatic carbocycles. The van der Waals surface area contributed by atoms with Crippen LogP contribution in [0, 0.1) is 12.7 Å². The Morgan fingerprint density at radius 1 is 0.837 bits per heavy atom. The molecule has 0 aliphatic heterocycles. The molecule has 0 radical (unpaired) electrons. The van der Waals surface area contributed by atoms with Crippen molar-refractivity contribution in [1.82, 2.24) is 10.2 Å². The van der Waals surface area contributed by atoms with Crippen molar-refractivity contribution in [2.24, 2.45) is 0 Å². The summed E-state index contributed by atoms with van der Waals surface area (Å²) in [6, 6.07) is 28.9. The highest BCUT2D eigenvalue weighted by Crippen LogP contribution is 2.25. The summed E-state index contributed by atoms with van der Waals surface area (Å²) in [5.41, 5.74) is 2.23. The van der Waals surface area contributed by atoms with Crippen molar-refractivity contribution >= 4 is 27.5 Å². The van der Waals surface area contributed by atoms with E-state index in [4.69, 9.17) is 0 Å². The molecular formula is C34H36FN3O4S. The number of aryl methyl sites for hydroxylation is 1. The predicted octanol–water partition coefficient (Wildman–Crippen LogP) is 5.50. The van der Waals surface area contributed by atoms with Gasteiger partial charge in [-0.3, -0.25) is 13.9 Å². The lowest BCUT2D eigenvalue weighted by atomic mass is 10.0. The van der Waals surface area contributed by atoms with E-state index in [1.165, 1.54) is 23.1 Å². The van der Waals surface area contributed by atoms with Gasteiger partial charge in [0.2, 0.25) is 11.8 Å². The molecule has 1 atom stereocenters. The highest BCUT2D eigenvalue weighted by molar-refractivity contribution is 7.92. The SMILES string of the molecule is CCCNC(=O)C(Cc1ccccc1)N(Cc1ccccc1F)C(=O)CN(c1ccc(C)cc1)S(=O)(=O)c1ccccc1. The van der Waals surface area contributed by atoms with Crippen molar-refractivity contribution in [3.63, 3.8) is 0 Å². The molecule has 224 valence electrons. The second-order valence-electron chi connectivity index (χ2n) is 10.3. The molecule has 4 rings (SSSR count). The second kappa shape index (κ2) is 14.6. The van der Waals surface area contributed by atoms with E-state index in [0.29, 0.717) is 18.7 Å². The Morgan fingerprint density at radius 3 is 2.07 bits per heavy atom. The summed E-state index contributed by atoms with van der Waals surface area (Å²) in [7, 11) is -4.18. The number of carbonyl (C=O) groups excluding carboxylic acids is 2. The Bertz CT molecular complexity index is 1610. The van der Waals surface area contributed by atoms with Crippen LogP contribution in [-0.2, 0) is 32.6 Å². The van der Waals surface area contributed by atoms with Gasteiger partial charge in [0.1, 0.15) is 18.4 Å². The lowest BCUT2D eigenvalue weighted by Crippen LogP contribution is -2.53. The average Bonchev–Trinajstić information content (AvgIpc) is 3.02. The normalized spacial score (nSPS) is 11.9. The van der Waals surface area contributed by atoms with E-state index in [2.05, 4.69) is 5.32 Å². The van der Waals surface area contributed by atoms with Gasteiger partial charge in [-0.2, -0.15) is 0 Å². The minimum atomic E-state index is -4.18. The first-order valence-corrected chi connectivity index (χ1v) is 15.6.